The molecule has 0 radical (unpaired) electrons. The van der Waals surface area contributed by atoms with Gasteiger partial charge in [0, 0.05) is 39.1 Å². The molecule has 4 rings (SSSR count). The van der Waals surface area contributed by atoms with Crippen molar-refractivity contribution in [3.63, 3.8) is 0 Å². The molecule has 3 aromatic rings. The number of piperazine rings is 1. The molecule has 0 aliphatic carbocycles. The summed E-state index contributed by atoms with van der Waals surface area (Å²) in [6.07, 6.45) is 1.39. The Hall–Kier alpha value is -3.51. The van der Waals surface area contributed by atoms with E-state index in [1.54, 1.807) is 14.2 Å². The van der Waals surface area contributed by atoms with Crippen molar-refractivity contribution in [2.75, 3.05) is 51.8 Å². The summed E-state index contributed by atoms with van der Waals surface area (Å²) in [5.74, 6) is 1.84. The molecule has 35 heavy (non-hydrogen) atoms. The number of benzene rings is 3. The van der Waals surface area contributed by atoms with Gasteiger partial charge in [-0.25, -0.2) is 0 Å². The molecule has 0 bridgehead atoms. The lowest BCUT2D eigenvalue weighted by Crippen LogP contribution is -2.46. The smallest absolute Gasteiger partial charge is 0.220 e. The summed E-state index contributed by atoms with van der Waals surface area (Å²) in [5, 5.41) is 3.11. The Bertz CT molecular complexity index is 1110. The second-order valence-electron chi connectivity index (χ2n) is 8.77. The van der Waals surface area contributed by atoms with Gasteiger partial charge in [0.2, 0.25) is 5.91 Å². The first-order chi connectivity index (χ1) is 17.2. The Balaban J connectivity index is 1.21. The van der Waals surface area contributed by atoms with Gasteiger partial charge in [-0.3, -0.25) is 9.69 Å². The summed E-state index contributed by atoms with van der Waals surface area (Å²) in [6.45, 7) is 5.37. The SMILES string of the molecule is COc1cccc(-c2ccccc2CNC(=O)CCCN2CCN(c3ccccc3OC)CC2)c1. The number of anilines is 1. The maximum absolute atomic E-state index is 12.5. The fourth-order valence-corrected chi connectivity index (χ4v) is 4.60. The highest BCUT2D eigenvalue weighted by molar-refractivity contribution is 5.76. The largest absolute Gasteiger partial charge is 0.497 e. The van der Waals surface area contributed by atoms with Crippen molar-refractivity contribution >= 4 is 11.6 Å². The molecule has 1 amide bonds. The van der Waals surface area contributed by atoms with E-state index in [4.69, 9.17) is 9.47 Å². The van der Waals surface area contributed by atoms with Gasteiger partial charge in [-0.05, 0) is 53.9 Å². The van der Waals surface area contributed by atoms with Gasteiger partial charge < -0.3 is 19.7 Å². The van der Waals surface area contributed by atoms with Crippen molar-refractivity contribution in [1.82, 2.24) is 10.2 Å². The van der Waals surface area contributed by atoms with E-state index < -0.39 is 0 Å². The second kappa shape index (κ2) is 12.3. The Kier molecular flexibility index (Phi) is 8.63. The molecule has 0 atom stereocenters. The molecule has 0 spiro atoms. The summed E-state index contributed by atoms with van der Waals surface area (Å²) in [6, 6.07) is 24.4. The quantitative estimate of drug-likeness (QED) is 0.467. The van der Waals surface area contributed by atoms with Crippen LogP contribution >= 0.6 is 0 Å². The minimum atomic E-state index is 0.0955. The van der Waals surface area contributed by atoms with Crippen molar-refractivity contribution in [2.24, 2.45) is 0 Å². The van der Waals surface area contributed by atoms with E-state index >= 15 is 0 Å². The van der Waals surface area contributed by atoms with Crippen LogP contribution in [0.25, 0.3) is 11.1 Å². The summed E-state index contributed by atoms with van der Waals surface area (Å²) in [7, 11) is 3.39. The second-order valence-corrected chi connectivity index (χ2v) is 8.77. The molecule has 184 valence electrons. The molecular formula is C29H35N3O3. The summed E-state index contributed by atoms with van der Waals surface area (Å²) < 4.78 is 10.9. The van der Waals surface area contributed by atoms with Gasteiger partial charge in [-0.2, -0.15) is 0 Å². The van der Waals surface area contributed by atoms with Crippen molar-refractivity contribution in [3.8, 4) is 22.6 Å². The molecule has 3 aromatic carbocycles. The van der Waals surface area contributed by atoms with E-state index in [0.717, 1.165) is 73.0 Å². The number of carbonyl (C=O) groups excluding carboxylic acids is 1. The average Bonchev–Trinajstić information content (AvgIpc) is 2.92. The average molecular weight is 474 g/mol. The lowest BCUT2D eigenvalue weighted by molar-refractivity contribution is -0.121. The summed E-state index contributed by atoms with van der Waals surface area (Å²) in [5.41, 5.74) is 4.45. The van der Waals surface area contributed by atoms with Gasteiger partial charge in [0.1, 0.15) is 11.5 Å². The van der Waals surface area contributed by atoms with Crippen LogP contribution in [0.2, 0.25) is 0 Å². The van der Waals surface area contributed by atoms with E-state index in [-0.39, 0.29) is 5.91 Å². The minimum absolute atomic E-state index is 0.0955. The Morgan fingerprint density at radius 2 is 1.66 bits per heavy atom. The van der Waals surface area contributed by atoms with Gasteiger partial charge in [0.25, 0.3) is 0 Å². The first-order valence-electron chi connectivity index (χ1n) is 12.3. The van der Waals surface area contributed by atoms with E-state index in [0.29, 0.717) is 13.0 Å². The molecule has 6 heteroatoms. The van der Waals surface area contributed by atoms with E-state index in [1.165, 1.54) is 0 Å². The molecule has 6 nitrogen and oxygen atoms in total. The third kappa shape index (κ3) is 6.55. The Morgan fingerprint density at radius 3 is 2.46 bits per heavy atom. The Morgan fingerprint density at radius 1 is 0.886 bits per heavy atom. The number of hydrogen-bond acceptors (Lipinski definition) is 5. The normalized spacial score (nSPS) is 13.9. The molecule has 1 aliphatic rings. The molecule has 0 unspecified atom stereocenters. The van der Waals surface area contributed by atoms with Gasteiger partial charge in [0.05, 0.1) is 19.9 Å². The first kappa shape index (κ1) is 24.6. The van der Waals surface area contributed by atoms with Crippen LogP contribution in [0.4, 0.5) is 5.69 Å². The highest BCUT2D eigenvalue weighted by Crippen LogP contribution is 2.29. The number of carbonyl (C=O) groups is 1. The van der Waals surface area contributed by atoms with Crippen LogP contribution < -0.4 is 19.7 Å². The number of hydrogen-bond donors (Lipinski definition) is 1. The van der Waals surface area contributed by atoms with Crippen LogP contribution in [-0.4, -0.2) is 57.8 Å². The van der Waals surface area contributed by atoms with Crippen molar-refractivity contribution in [3.05, 3.63) is 78.4 Å². The van der Waals surface area contributed by atoms with Crippen LogP contribution in [0.5, 0.6) is 11.5 Å². The number of methoxy groups -OCH3 is 2. The fourth-order valence-electron chi connectivity index (χ4n) is 4.60. The molecule has 1 N–H and O–H groups in total. The Labute approximate surface area is 208 Å². The maximum atomic E-state index is 12.5. The van der Waals surface area contributed by atoms with Crippen LogP contribution in [-0.2, 0) is 11.3 Å². The van der Waals surface area contributed by atoms with E-state index in [2.05, 4.69) is 45.4 Å². The predicted molar refractivity (Wildman–Crippen MR) is 141 cm³/mol. The summed E-state index contributed by atoms with van der Waals surface area (Å²) >= 11 is 0. The fraction of sp³-hybridized carbons (Fsp3) is 0.345. The molecule has 0 aromatic heterocycles. The van der Waals surface area contributed by atoms with Crippen LogP contribution in [0.1, 0.15) is 18.4 Å². The number of para-hydroxylation sites is 2. The van der Waals surface area contributed by atoms with Crippen LogP contribution in [0, 0.1) is 0 Å². The van der Waals surface area contributed by atoms with Crippen molar-refractivity contribution in [1.29, 1.82) is 0 Å². The van der Waals surface area contributed by atoms with Crippen LogP contribution in [0.15, 0.2) is 72.8 Å². The predicted octanol–water partition coefficient (Wildman–Crippen LogP) is 4.59. The highest BCUT2D eigenvalue weighted by atomic mass is 16.5. The van der Waals surface area contributed by atoms with E-state index in [1.807, 2.05) is 42.5 Å². The zero-order chi connectivity index (χ0) is 24.5. The lowest BCUT2D eigenvalue weighted by atomic mass is 9.99. The number of ether oxygens (including phenoxy) is 2. The first-order valence-corrected chi connectivity index (χ1v) is 12.3. The third-order valence-corrected chi connectivity index (χ3v) is 6.55. The topological polar surface area (TPSA) is 54.0 Å². The molecule has 1 saturated heterocycles. The zero-order valence-corrected chi connectivity index (χ0v) is 20.7. The van der Waals surface area contributed by atoms with Gasteiger partial charge in [0.15, 0.2) is 0 Å². The van der Waals surface area contributed by atoms with Crippen molar-refractivity contribution < 1.29 is 14.3 Å². The number of rotatable bonds is 10. The van der Waals surface area contributed by atoms with Crippen LogP contribution in [0.3, 0.4) is 0 Å². The monoisotopic (exact) mass is 473 g/mol. The minimum Gasteiger partial charge on any atom is -0.497 e. The van der Waals surface area contributed by atoms with Gasteiger partial charge in [-0.15, -0.1) is 0 Å². The van der Waals surface area contributed by atoms with Gasteiger partial charge in [-0.1, -0.05) is 48.5 Å². The number of nitrogens with one attached hydrogen (secondary N) is 1. The molecule has 1 fully saturated rings. The molecule has 0 saturated carbocycles. The maximum Gasteiger partial charge on any atom is 0.220 e. The number of amides is 1. The van der Waals surface area contributed by atoms with Gasteiger partial charge >= 0.3 is 0 Å². The lowest BCUT2D eigenvalue weighted by Gasteiger charge is -2.36. The molecule has 1 aliphatic heterocycles. The highest BCUT2D eigenvalue weighted by Gasteiger charge is 2.19. The van der Waals surface area contributed by atoms with Crippen molar-refractivity contribution in [2.45, 2.75) is 19.4 Å². The van der Waals surface area contributed by atoms with E-state index in [9.17, 15) is 4.79 Å². The third-order valence-electron chi connectivity index (χ3n) is 6.55. The number of nitrogens with zero attached hydrogens (tertiary/aromatic N) is 2. The standard InChI is InChI=1S/C29H35N3O3/c1-34-25-11-7-10-23(21-25)26-12-4-3-9-24(26)22-30-29(33)15-8-16-31-17-19-32(20-18-31)27-13-5-6-14-28(27)35-2/h3-7,9-14,21H,8,15-20,22H2,1-2H3,(H,30,33). The molecular weight excluding hydrogens is 438 g/mol. The molecule has 1 heterocycles. The summed E-state index contributed by atoms with van der Waals surface area (Å²) in [4.78, 5) is 17.4. The zero-order valence-electron chi connectivity index (χ0n) is 20.7.